The van der Waals surface area contributed by atoms with E-state index < -0.39 is 0 Å². The third-order valence-corrected chi connectivity index (χ3v) is 2.51. The fourth-order valence-corrected chi connectivity index (χ4v) is 1.81. The molecule has 1 atom stereocenters. The Hall–Kier alpha value is -0.210. The molecule has 2 heterocycles. The zero-order chi connectivity index (χ0) is 7.68. The molecule has 2 aliphatic rings. The summed E-state index contributed by atoms with van der Waals surface area (Å²) in [6, 6.07) is 0.512. The lowest BCUT2D eigenvalue weighted by Gasteiger charge is -2.26. The number of hydrogen-bond donors (Lipinski definition) is 0. The highest BCUT2D eigenvalue weighted by atomic mass is 35.5. The number of fused-ring (bicyclic) bond motifs is 1. The quantitative estimate of drug-likeness (QED) is 0.562. The number of hydrogen-bond acceptors (Lipinski definition) is 2. The first-order valence-corrected chi connectivity index (χ1v) is 4.65. The van der Waals surface area contributed by atoms with Gasteiger partial charge in [0.1, 0.15) is 5.76 Å². The summed E-state index contributed by atoms with van der Waals surface area (Å²) in [6.45, 7) is 1.06. The molecule has 1 unspecified atom stereocenters. The minimum absolute atomic E-state index is 0.507. The van der Waals surface area contributed by atoms with E-state index in [0.29, 0.717) is 11.9 Å². The summed E-state index contributed by atoms with van der Waals surface area (Å²) in [5.74, 6) is 1.44. The SMILES string of the molecule is ClCC1=CC2CCCCN2O1. The summed E-state index contributed by atoms with van der Waals surface area (Å²) in [7, 11) is 0. The van der Waals surface area contributed by atoms with E-state index in [-0.39, 0.29) is 0 Å². The monoisotopic (exact) mass is 173 g/mol. The molecule has 0 aliphatic carbocycles. The van der Waals surface area contributed by atoms with Crippen LogP contribution < -0.4 is 0 Å². The average Bonchev–Trinajstić information content (AvgIpc) is 2.46. The number of piperidine rings is 1. The number of halogens is 1. The number of allylic oxidation sites excluding steroid dienone is 1. The molecule has 0 bridgehead atoms. The standard InChI is InChI=1S/C8H12ClNO/c9-6-8-5-7-3-1-2-4-10(7)11-8/h5,7H,1-4,6H2. The van der Waals surface area contributed by atoms with E-state index in [1.807, 2.05) is 5.06 Å². The first-order chi connectivity index (χ1) is 5.40. The summed E-state index contributed by atoms with van der Waals surface area (Å²) in [6.07, 6.45) is 5.93. The van der Waals surface area contributed by atoms with Gasteiger partial charge in [-0.15, -0.1) is 16.7 Å². The molecular formula is C8H12ClNO. The Labute approximate surface area is 71.7 Å². The van der Waals surface area contributed by atoms with Crippen molar-refractivity contribution in [2.45, 2.75) is 25.3 Å². The second-order valence-corrected chi connectivity index (χ2v) is 3.33. The zero-order valence-electron chi connectivity index (χ0n) is 6.42. The highest BCUT2D eigenvalue weighted by molar-refractivity contribution is 6.19. The van der Waals surface area contributed by atoms with Crippen LogP contribution in [0.2, 0.25) is 0 Å². The molecular weight excluding hydrogens is 162 g/mol. The van der Waals surface area contributed by atoms with Crippen LogP contribution in [-0.2, 0) is 4.84 Å². The smallest absolute Gasteiger partial charge is 0.137 e. The molecule has 0 saturated carbocycles. The summed E-state index contributed by atoms with van der Waals surface area (Å²) >= 11 is 5.65. The number of alkyl halides is 1. The van der Waals surface area contributed by atoms with Crippen molar-refractivity contribution in [3.8, 4) is 0 Å². The third-order valence-electron chi connectivity index (χ3n) is 2.24. The summed E-state index contributed by atoms with van der Waals surface area (Å²) < 4.78 is 0. The molecule has 0 spiro atoms. The lowest BCUT2D eigenvalue weighted by Crippen LogP contribution is -2.33. The van der Waals surface area contributed by atoms with Gasteiger partial charge in [0.25, 0.3) is 0 Å². The molecule has 0 N–H and O–H groups in total. The van der Waals surface area contributed by atoms with Crippen LogP contribution in [0.1, 0.15) is 19.3 Å². The van der Waals surface area contributed by atoms with Crippen LogP contribution >= 0.6 is 11.6 Å². The maximum atomic E-state index is 5.65. The topological polar surface area (TPSA) is 12.5 Å². The van der Waals surface area contributed by atoms with Gasteiger partial charge in [0, 0.05) is 6.54 Å². The predicted octanol–water partition coefficient (Wildman–Crippen LogP) is 1.91. The predicted molar refractivity (Wildman–Crippen MR) is 44.2 cm³/mol. The lowest BCUT2D eigenvalue weighted by atomic mass is 10.1. The fraction of sp³-hybridized carbons (Fsp3) is 0.750. The Morgan fingerprint density at radius 3 is 3.27 bits per heavy atom. The molecule has 3 heteroatoms. The molecule has 2 aliphatic heterocycles. The Morgan fingerprint density at radius 1 is 1.64 bits per heavy atom. The van der Waals surface area contributed by atoms with Crippen molar-refractivity contribution in [3.05, 3.63) is 11.8 Å². The van der Waals surface area contributed by atoms with Crippen molar-refractivity contribution in [2.24, 2.45) is 0 Å². The normalized spacial score (nSPS) is 31.0. The summed E-state index contributed by atoms with van der Waals surface area (Å²) in [4.78, 5) is 5.48. The molecule has 0 amide bonds. The van der Waals surface area contributed by atoms with Crippen LogP contribution in [0, 0.1) is 0 Å². The second-order valence-electron chi connectivity index (χ2n) is 3.06. The van der Waals surface area contributed by atoms with Crippen LogP contribution in [0.25, 0.3) is 0 Å². The molecule has 2 rings (SSSR count). The van der Waals surface area contributed by atoms with Crippen molar-refractivity contribution in [1.82, 2.24) is 5.06 Å². The Kier molecular flexibility index (Phi) is 2.05. The van der Waals surface area contributed by atoms with Gasteiger partial charge in [-0.05, 0) is 18.9 Å². The van der Waals surface area contributed by atoms with Gasteiger partial charge in [-0.1, -0.05) is 6.42 Å². The molecule has 0 aromatic heterocycles. The van der Waals surface area contributed by atoms with Gasteiger partial charge in [-0.25, -0.2) is 0 Å². The van der Waals surface area contributed by atoms with Crippen molar-refractivity contribution in [2.75, 3.05) is 12.4 Å². The second kappa shape index (κ2) is 3.03. The maximum absolute atomic E-state index is 5.65. The number of hydroxylamine groups is 2. The molecule has 0 aromatic carbocycles. The average molecular weight is 174 g/mol. The Morgan fingerprint density at radius 2 is 2.55 bits per heavy atom. The van der Waals surface area contributed by atoms with Gasteiger partial charge in [-0.2, -0.15) is 0 Å². The lowest BCUT2D eigenvalue weighted by molar-refractivity contribution is -0.128. The van der Waals surface area contributed by atoms with E-state index in [1.54, 1.807) is 0 Å². The van der Waals surface area contributed by atoms with Crippen LogP contribution in [-0.4, -0.2) is 23.5 Å². The van der Waals surface area contributed by atoms with Crippen LogP contribution in [0.15, 0.2) is 11.8 Å². The maximum Gasteiger partial charge on any atom is 0.137 e. The van der Waals surface area contributed by atoms with Crippen molar-refractivity contribution < 1.29 is 4.84 Å². The van der Waals surface area contributed by atoms with E-state index in [2.05, 4.69) is 6.08 Å². The third kappa shape index (κ3) is 1.37. The van der Waals surface area contributed by atoms with E-state index >= 15 is 0 Å². The molecule has 11 heavy (non-hydrogen) atoms. The van der Waals surface area contributed by atoms with Crippen LogP contribution in [0.4, 0.5) is 0 Å². The fourth-order valence-electron chi connectivity index (χ4n) is 1.68. The van der Waals surface area contributed by atoms with E-state index in [0.717, 1.165) is 12.3 Å². The van der Waals surface area contributed by atoms with E-state index in [9.17, 15) is 0 Å². The minimum atomic E-state index is 0.507. The molecule has 62 valence electrons. The number of nitrogens with zero attached hydrogens (tertiary/aromatic N) is 1. The van der Waals surface area contributed by atoms with Gasteiger partial charge in [0.2, 0.25) is 0 Å². The Bertz CT molecular complexity index is 181. The molecule has 0 aromatic rings. The molecule has 2 nitrogen and oxygen atoms in total. The summed E-state index contributed by atoms with van der Waals surface area (Å²) in [5.41, 5.74) is 0. The minimum Gasteiger partial charge on any atom is -0.409 e. The van der Waals surface area contributed by atoms with Crippen LogP contribution in [0.3, 0.4) is 0 Å². The van der Waals surface area contributed by atoms with E-state index in [4.69, 9.17) is 16.4 Å². The highest BCUT2D eigenvalue weighted by Crippen LogP contribution is 2.26. The summed E-state index contributed by atoms with van der Waals surface area (Å²) in [5, 5.41) is 2.04. The van der Waals surface area contributed by atoms with Gasteiger partial charge >= 0.3 is 0 Å². The van der Waals surface area contributed by atoms with Gasteiger partial charge < -0.3 is 4.84 Å². The number of rotatable bonds is 1. The van der Waals surface area contributed by atoms with Crippen molar-refractivity contribution >= 4 is 11.6 Å². The highest BCUT2D eigenvalue weighted by Gasteiger charge is 2.28. The Balaban J connectivity index is 2.02. The van der Waals surface area contributed by atoms with Gasteiger partial charge in [0.05, 0.1) is 11.9 Å². The van der Waals surface area contributed by atoms with Crippen LogP contribution in [0.5, 0.6) is 0 Å². The molecule has 1 saturated heterocycles. The van der Waals surface area contributed by atoms with Crippen molar-refractivity contribution in [1.29, 1.82) is 0 Å². The zero-order valence-corrected chi connectivity index (χ0v) is 7.18. The van der Waals surface area contributed by atoms with Gasteiger partial charge in [-0.3, -0.25) is 0 Å². The van der Waals surface area contributed by atoms with E-state index in [1.165, 1.54) is 19.3 Å². The first-order valence-electron chi connectivity index (χ1n) is 4.11. The van der Waals surface area contributed by atoms with Crippen molar-refractivity contribution in [3.63, 3.8) is 0 Å². The first kappa shape index (κ1) is 7.44. The molecule has 0 radical (unpaired) electrons. The largest absolute Gasteiger partial charge is 0.409 e. The van der Waals surface area contributed by atoms with Gasteiger partial charge in [0.15, 0.2) is 0 Å². The molecule has 1 fully saturated rings.